The van der Waals surface area contributed by atoms with Crippen LogP contribution < -0.4 is 5.32 Å². The summed E-state index contributed by atoms with van der Waals surface area (Å²) in [6.45, 7) is 3.71. The Morgan fingerprint density at radius 3 is 2.71 bits per heavy atom. The first-order valence-electron chi connectivity index (χ1n) is 8.45. The van der Waals surface area contributed by atoms with Gasteiger partial charge in [-0.05, 0) is 26.3 Å². The Morgan fingerprint density at radius 2 is 2.08 bits per heavy atom. The lowest BCUT2D eigenvalue weighted by atomic mass is 9.76. The highest BCUT2D eigenvalue weighted by molar-refractivity contribution is 5.83. The molecule has 1 atom stereocenters. The van der Waals surface area contributed by atoms with Gasteiger partial charge in [0, 0.05) is 38.7 Å². The van der Waals surface area contributed by atoms with Crippen LogP contribution in [0.3, 0.4) is 0 Å². The second-order valence-electron chi connectivity index (χ2n) is 6.98. The molecule has 0 radical (unpaired) electrons. The van der Waals surface area contributed by atoms with Gasteiger partial charge < -0.3 is 14.7 Å². The molecule has 0 spiro atoms. The molecule has 1 aromatic heterocycles. The van der Waals surface area contributed by atoms with E-state index in [-0.39, 0.29) is 5.91 Å². The molecule has 5 nitrogen and oxygen atoms in total. The smallest absolute Gasteiger partial charge is 0.230 e. The fourth-order valence-electron chi connectivity index (χ4n) is 3.44. The number of rotatable bonds is 4. The van der Waals surface area contributed by atoms with Crippen LogP contribution in [0.1, 0.15) is 24.2 Å². The summed E-state index contributed by atoms with van der Waals surface area (Å²) < 4.78 is 5.56. The van der Waals surface area contributed by atoms with E-state index < -0.39 is 5.41 Å². The lowest BCUT2D eigenvalue weighted by Gasteiger charge is -2.37. The van der Waals surface area contributed by atoms with Gasteiger partial charge in [-0.3, -0.25) is 4.79 Å². The van der Waals surface area contributed by atoms with Gasteiger partial charge in [-0.2, -0.15) is 0 Å². The molecule has 1 aliphatic rings. The van der Waals surface area contributed by atoms with Crippen LogP contribution in [-0.2, 0) is 11.2 Å². The maximum atomic E-state index is 12.8. The van der Waals surface area contributed by atoms with Gasteiger partial charge in [0.05, 0.1) is 5.41 Å². The Bertz CT molecular complexity index is 698. The number of nitrogens with one attached hydrogen (secondary N) is 1. The number of nitrogens with zero attached hydrogens (tertiary/aromatic N) is 2. The number of hydrogen-bond donors (Lipinski definition) is 1. The van der Waals surface area contributed by atoms with E-state index in [0.717, 1.165) is 36.4 Å². The minimum absolute atomic E-state index is 0.156. The number of amides is 1. The summed E-state index contributed by atoms with van der Waals surface area (Å²) in [5, 5.41) is 7.56. The monoisotopic (exact) mass is 327 g/mol. The molecule has 0 saturated carbocycles. The van der Waals surface area contributed by atoms with Crippen LogP contribution in [0.2, 0.25) is 0 Å². The van der Waals surface area contributed by atoms with Gasteiger partial charge in [0.2, 0.25) is 5.91 Å². The van der Waals surface area contributed by atoms with Crippen LogP contribution in [0, 0.1) is 12.3 Å². The quantitative estimate of drug-likeness (QED) is 0.938. The van der Waals surface area contributed by atoms with E-state index in [9.17, 15) is 4.79 Å². The van der Waals surface area contributed by atoms with Crippen LogP contribution >= 0.6 is 0 Å². The molecule has 1 aromatic carbocycles. The number of aryl methyl sites for hydroxylation is 1. The van der Waals surface area contributed by atoms with Gasteiger partial charge >= 0.3 is 0 Å². The Balaban J connectivity index is 1.83. The predicted molar refractivity (Wildman–Crippen MR) is 93.6 cm³/mol. The molecule has 1 amide bonds. The minimum Gasteiger partial charge on any atom is -0.361 e. The second-order valence-corrected chi connectivity index (χ2v) is 6.98. The Labute approximate surface area is 143 Å². The van der Waals surface area contributed by atoms with E-state index in [0.29, 0.717) is 13.0 Å². The molecular weight excluding hydrogens is 302 g/mol. The summed E-state index contributed by atoms with van der Waals surface area (Å²) in [7, 11) is 3.63. The van der Waals surface area contributed by atoms with Crippen LogP contribution in [0.5, 0.6) is 0 Å². The summed E-state index contributed by atoms with van der Waals surface area (Å²) in [6.07, 6.45) is 2.45. The van der Waals surface area contributed by atoms with Crippen molar-refractivity contribution >= 4 is 5.91 Å². The normalized spacial score (nSPS) is 20.8. The van der Waals surface area contributed by atoms with Crippen molar-refractivity contribution in [3.8, 4) is 11.3 Å². The molecule has 128 valence electrons. The van der Waals surface area contributed by atoms with Crippen molar-refractivity contribution in [3.05, 3.63) is 41.7 Å². The Hall–Kier alpha value is -2.14. The molecule has 0 unspecified atom stereocenters. The van der Waals surface area contributed by atoms with Gasteiger partial charge in [0.15, 0.2) is 0 Å². The molecule has 2 heterocycles. The molecule has 0 aliphatic carbocycles. The molecule has 2 aromatic rings. The van der Waals surface area contributed by atoms with Crippen LogP contribution in [0.25, 0.3) is 11.3 Å². The highest BCUT2D eigenvalue weighted by Gasteiger charge is 2.41. The first kappa shape index (κ1) is 16.7. The lowest BCUT2D eigenvalue weighted by Crippen LogP contribution is -2.51. The first-order chi connectivity index (χ1) is 11.5. The number of benzene rings is 1. The van der Waals surface area contributed by atoms with Crippen molar-refractivity contribution < 1.29 is 9.32 Å². The van der Waals surface area contributed by atoms with Crippen molar-refractivity contribution in [2.45, 2.75) is 26.2 Å². The van der Waals surface area contributed by atoms with E-state index in [1.54, 1.807) is 4.90 Å². The average molecular weight is 327 g/mol. The lowest BCUT2D eigenvalue weighted by molar-refractivity contribution is -0.140. The molecule has 5 heteroatoms. The third-order valence-corrected chi connectivity index (χ3v) is 4.75. The average Bonchev–Trinajstić information content (AvgIpc) is 3.03. The van der Waals surface area contributed by atoms with Crippen molar-refractivity contribution in [2.75, 3.05) is 27.2 Å². The zero-order valence-electron chi connectivity index (χ0n) is 14.6. The summed E-state index contributed by atoms with van der Waals surface area (Å²) >= 11 is 0. The maximum Gasteiger partial charge on any atom is 0.230 e. The first-order valence-corrected chi connectivity index (χ1v) is 8.45. The van der Waals surface area contributed by atoms with Gasteiger partial charge in [-0.15, -0.1) is 0 Å². The highest BCUT2D eigenvalue weighted by atomic mass is 16.5. The number of carbonyl (C=O) groups is 1. The topological polar surface area (TPSA) is 58.4 Å². The van der Waals surface area contributed by atoms with Crippen LogP contribution in [0.15, 0.2) is 34.9 Å². The highest BCUT2D eigenvalue weighted by Crippen LogP contribution is 2.33. The molecular formula is C19H25N3O2. The standard InChI is InChI=1S/C19H25N3O2/c1-14-5-7-15(8-6-14)17-11-16(24-21-17)12-19(18(23)22(2)3)9-4-10-20-13-19/h5-8,11,20H,4,9-10,12-13H2,1-3H3/t19-/m0/s1. The van der Waals surface area contributed by atoms with Crippen molar-refractivity contribution in [1.29, 1.82) is 0 Å². The van der Waals surface area contributed by atoms with Crippen LogP contribution in [-0.4, -0.2) is 43.1 Å². The SMILES string of the molecule is Cc1ccc(-c2cc(C[C@@]3(C(=O)N(C)C)CCCNC3)on2)cc1. The van der Waals surface area contributed by atoms with E-state index >= 15 is 0 Å². The van der Waals surface area contributed by atoms with Gasteiger partial charge in [0.1, 0.15) is 11.5 Å². The van der Waals surface area contributed by atoms with Gasteiger partial charge in [-0.1, -0.05) is 35.0 Å². The summed E-state index contributed by atoms with van der Waals surface area (Å²) in [4.78, 5) is 14.4. The fraction of sp³-hybridized carbons (Fsp3) is 0.474. The summed E-state index contributed by atoms with van der Waals surface area (Å²) in [5.74, 6) is 0.924. The minimum atomic E-state index is -0.439. The van der Waals surface area contributed by atoms with E-state index in [4.69, 9.17) is 4.52 Å². The second kappa shape index (κ2) is 6.77. The summed E-state index contributed by atoms with van der Waals surface area (Å²) in [6, 6.07) is 10.2. The predicted octanol–water partition coefficient (Wildman–Crippen LogP) is 2.65. The van der Waals surface area contributed by atoms with Crippen molar-refractivity contribution in [1.82, 2.24) is 15.4 Å². The number of carbonyl (C=O) groups excluding carboxylic acids is 1. The van der Waals surface area contributed by atoms with E-state index in [1.807, 2.05) is 32.3 Å². The molecule has 3 rings (SSSR count). The molecule has 24 heavy (non-hydrogen) atoms. The Kier molecular flexibility index (Phi) is 4.71. The molecule has 1 saturated heterocycles. The largest absolute Gasteiger partial charge is 0.361 e. The van der Waals surface area contributed by atoms with E-state index in [2.05, 4.69) is 29.5 Å². The van der Waals surface area contributed by atoms with Crippen LogP contribution in [0.4, 0.5) is 0 Å². The number of piperidine rings is 1. The zero-order valence-corrected chi connectivity index (χ0v) is 14.6. The summed E-state index contributed by atoms with van der Waals surface area (Å²) in [5.41, 5.74) is 2.63. The van der Waals surface area contributed by atoms with E-state index in [1.165, 1.54) is 5.56 Å². The molecule has 0 bridgehead atoms. The van der Waals surface area contributed by atoms with Crippen molar-refractivity contribution in [2.24, 2.45) is 5.41 Å². The fourth-order valence-corrected chi connectivity index (χ4v) is 3.44. The number of aromatic nitrogens is 1. The third-order valence-electron chi connectivity index (χ3n) is 4.75. The molecule has 1 N–H and O–H groups in total. The van der Waals surface area contributed by atoms with Gasteiger partial charge in [0.25, 0.3) is 0 Å². The van der Waals surface area contributed by atoms with Gasteiger partial charge in [-0.25, -0.2) is 0 Å². The molecule has 1 fully saturated rings. The molecule has 1 aliphatic heterocycles. The van der Waals surface area contributed by atoms with Crippen molar-refractivity contribution in [3.63, 3.8) is 0 Å². The Morgan fingerprint density at radius 1 is 1.33 bits per heavy atom. The third kappa shape index (κ3) is 3.36. The number of hydrogen-bond acceptors (Lipinski definition) is 4. The zero-order chi connectivity index (χ0) is 17.2. The maximum absolute atomic E-state index is 12.8.